The third-order valence-electron chi connectivity index (χ3n) is 3.56. The highest BCUT2D eigenvalue weighted by Gasteiger charge is 2.14. The Bertz CT molecular complexity index is 889. The fourth-order valence-electron chi connectivity index (χ4n) is 2.30. The average molecular weight is 346 g/mol. The van der Waals surface area contributed by atoms with Gasteiger partial charge >= 0.3 is 0 Å². The minimum Gasteiger partial charge on any atom is -0.356 e. The lowest BCUT2D eigenvalue weighted by molar-refractivity contribution is -0.120. The van der Waals surface area contributed by atoms with Crippen molar-refractivity contribution in [1.82, 2.24) is 10.5 Å². The van der Waals surface area contributed by atoms with Gasteiger partial charge in [-0.1, -0.05) is 23.4 Å². The predicted octanol–water partition coefficient (Wildman–Crippen LogP) is 3.62. The van der Waals surface area contributed by atoms with Crippen molar-refractivity contribution in [2.24, 2.45) is 0 Å². The molecule has 3 aromatic rings. The summed E-state index contributed by atoms with van der Waals surface area (Å²) < 4.78 is 45.7. The molecule has 0 fully saturated rings. The van der Waals surface area contributed by atoms with Crippen LogP contribution in [-0.2, 0) is 17.8 Å². The molecular weight excluding hydrogens is 333 g/mol. The number of hydrogen-bond donors (Lipinski definition) is 1. The molecular formula is C18H13F3N2O2. The molecule has 128 valence electrons. The lowest BCUT2D eigenvalue weighted by Crippen LogP contribution is -2.25. The number of amides is 1. The lowest BCUT2D eigenvalue weighted by Gasteiger charge is -2.06. The second-order valence-electron chi connectivity index (χ2n) is 5.32. The maximum Gasteiger partial charge on any atom is 0.226 e. The largest absolute Gasteiger partial charge is 0.356 e. The Kier molecular flexibility index (Phi) is 4.83. The van der Waals surface area contributed by atoms with Crippen molar-refractivity contribution in [1.29, 1.82) is 0 Å². The highest BCUT2D eigenvalue weighted by Crippen LogP contribution is 2.23. The van der Waals surface area contributed by atoms with Crippen molar-refractivity contribution < 1.29 is 22.5 Å². The first-order valence-corrected chi connectivity index (χ1v) is 7.44. The molecule has 0 atom stereocenters. The van der Waals surface area contributed by atoms with Gasteiger partial charge in [0.15, 0.2) is 5.76 Å². The molecule has 0 saturated carbocycles. The number of nitrogens with one attached hydrogen (secondary N) is 1. The molecule has 0 aliphatic rings. The van der Waals surface area contributed by atoms with Gasteiger partial charge in [-0.3, -0.25) is 4.79 Å². The van der Waals surface area contributed by atoms with Gasteiger partial charge in [0.2, 0.25) is 5.91 Å². The highest BCUT2D eigenvalue weighted by molar-refractivity contribution is 5.78. The molecule has 4 nitrogen and oxygen atoms in total. The molecule has 0 radical (unpaired) electrons. The van der Waals surface area contributed by atoms with E-state index in [9.17, 15) is 18.0 Å². The molecule has 0 aliphatic heterocycles. The van der Waals surface area contributed by atoms with E-state index in [-0.39, 0.29) is 35.5 Å². The van der Waals surface area contributed by atoms with Gasteiger partial charge in [-0.15, -0.1) is 0 Å². The van der Waals surface area contributed by atoms with Crippen molar-refractivity contribution in [3.63, 3.8) is 0 Å². The molecule has 0 spiro atoms. The summed E-state index contributed by atoms with van der Waals surface area (Å²) in [6.45, 7) is -0.282. The zero-order chi connectivity index (χ0) is 17.8. The molecule has 3 rings (SSSR count). The molecule has 7 heteroatoms. The van der Waals surface area contributed by atoms with Gasteiger partial charge in [-0.2, -0.15) is 0 Å². The van der Waals surface area contributed by atoms with Gasteiger partial charge in [0.1, 0.15) is 17.5 Å². The van der Waals surface area contributed by atoms with Crippen LogP contribution in [0.5, 0.6) is 0 Å². The van der Waals surface area contributed by atoms with E-state index in [2.05, 4.69) is 10.5 Å². The third kappa shape index (κ3) is 3.88. The minimum atomic E-state index is -0.733. The normalized spacial score (nSPS) is 10.7. The minimum absolute atomic E-state index is 0.159. The fourth-order valence-corrected chi connectivity index (χ4v) is 2.30. The van der Waals surface area contributed by atoms with Crippen LogP contribution in [-0.4, -0.2) is 11.1 Å². The summed E-state index contributed by atoms with van der Waals surface area (Å²) in [6, 6.07) is 10.9. The number of carbonyl (C=O) groups excluding carboxylic acids is 1. The van der Waals surface area contributed by atoms with Crippen molar-refractivity contribution >= 4 is 5.91 Å². The molecule has 0 saturated heterocycles. The topological polar surface area (TPSA) is 55.1 Å². The van der Waals surface area contributed by atoms with Gasteiger partial charge in [-0.05, 0) is 24.3 Å². The van der Waals surface area contributed by atoms with Crippen LogP contribution < -0.4 is 5.32 Å². The SMILES string of the molecule is O=C(Cc1cc(-c2ccccc2F)on1)NCc1c(F)cccc1F. The van der Waals surface area contributed by atoms with Crippen LogP contribution in [0.2, 0.25) is 0 Å². The van der Waals surface area contributed by atoms with Crippen LogP contribution >= 0.6 is 0 Å². The molecule has 1 amide bonds. The first kappa shape index (κ1) is 16.8. The summed E-state index contributed by atoms with van der Waals surface area (Å²) in [4.78, 5) is 11.9. The highest BCUT2D eigenvalue weighted by atomic mass is 19.1. The molecule has 0 bridgehead atoms. The summed E-state index contributed by atoms with van der Waals surface area (Å²) in [5, 5.41) is 6.13. The quantitative estimate of drug-likeness (QED) is 0.768. The summed E-state index contributed by atoms with van der Waals surface area (Å²) in [6.07, 6.45) is -0.159. The predicted molar refractivity (Wildman–Crippen MR) is 83.8 cm³/mol. The third-order valence-corrected chi connectivity index (χ3v) is 3.56. The van der Waals surface area contributed by atoms with Crippen LogP contribution in [0.4, 0.5) is 13.2 Å². The Morgan fingerprint density at radius 2 is 1.68 bits per heavy atom. The zero-order valence-corrected chi connectivity index (χ0v) is 12.9. The number of aromatic nitrogens is 1. The van der Waals surface area contributed by atoms with E-state index in [1.807, 2.05) is 0 Å². The van der Waals surface area contributed by atoms with Gasteiger partial charge < -0.3 is 9.84 Å². The second kappa shape index (κ2) is 7.21. The molecule has 2 aromatic carbocycles. The molecule has 25 heavy (non-hydrogen) atoms. The van der Waals surface area contributed by atoms with Crippen molar-refractivity contribution in [3.05, 3.63) is 77.2 Å². The Morgan fingerprint density at radius 3 is 2.40 bits per heavy atom. The first-order chi connectivity index (χ1) is 12.0. The second-order valence-corrected chi connectivity index (χ2v) is 5.32. The average Bonchev–Trinajstić information content (AvgIpc) is 3.03. The van der Waals surface area contributed by atoms with Gasteiger partial charge in [0.05, 0.1) is 17.7 Å². The maximum absolute atomic E-state index is 13.7. The van der Waals surface area contributed by atoms with E-state index in [0.29, 0.717) is 0 Å². The maximum atomic E-state index is 13.7. The standard InChI is InChI=1S/C18H13F3N2O2/c19-14-5-2-1-4-12(14)17-8-11(23-25-17)9-18(24)22-10-13-15(20)6-3-7-16(13)21/h1-8H,9-10H2,(H,22,24). The van der Waals surface area contributed by atoms with Crippen molar-refractivity contribution in [2.75, 3.05) is 0 Å². The van der Waals surface area contributed by atoms with Crippen molar-refractivity contribution in [2.45, 2.75) is 13.0 Å². The summed E-state index contributed by atoms with van der Waals surface area (Å²) in [5.41, 5.74) is 0.294. The van der Waals surface area contributed by atoms with Crippen LogP contribution in [0.25, 0.3) is 11.3 Å². The number of rotatable bonds is 5. The Morgan fingerprint density at radius 1 is 1.00 bits per heavy atom. The summed E-state index contributed by atoms with van der Waals surface area (Å²) in [5.74, 6) is -2.23. The summed E-state index contributed by atoms with van der Waals surface area (Å²) in [7, 11) is 0. The zero-order valence-electron chi connectivity index (χ0n) is 12.9. The number of benzene rings is 2. The number of carbonyl (C=O) groups is 1. The van der Waals surface area contributed by atoms with Crippen LogP contribution in [0.15, 0.2) is 53.1 Å². The van der Waals surface area contributed by atoms with E-state index in [1.54, 1.807) is 12.1 Å². The van der Waals surface area contributed by atoms with Crippen LogP contribution in [0.3, 0.4) is 0 Å². The Balaban J connectivity index is 1.63. The van der Waals surface area contributed by atoms with E-state index in [0.717, 1.165) is 12.1 Å². The first-order valence-electron chi connectivity index (χ1n) is 7.44. The van der Waals surface area contributed by atoms with Gasteiger partial charge in [-0.25, -0.2) is 13.2 Å². The number of nitrogens with zero attached hydrogens (tertiary/aromatic N) is 1. The molecule has 1 N–H and O–H groups in total. The molecule has 0 unspecified atom stereocenters. The van der Waals surface area contributed by atoms with E-state index in [1.165, 1.54) is 24.3 Å². The van der Waals surface area contributed by atoms with E-state index in [4.69, 9.17) is 4.52 Å². The number of halogens is 3. The fraction of sp³-hybridized carbons (Fsp3) is 0.111. The van der Waals surface area contributed by atoms with Crippen LogP contribution in [0, 0.1) is 17.5 Å². The number of hydrogen-bond acceptors (Lipinski definition) is 3. The molecule has 1 aromatic heterocycles. The van der Waals surface area contributed by atoms with Crippen molar-refractivity contribution in [3.8, 4) is 11.3 Å². The Hall–Kier alpha value is -3.09. The Labute approximate surface area is 141 Å². The molecule has 0 aliphatic carbocycles. The van der Waals surface area contributed by atoms with Gasteiger partial charge in [0, 0.05) is 18.2 Å². The summed E-state index contributed by atoms with van der Waals surface area (Å²) >= 11 is 0. The van der Waals surface area contributed by atoms with E-state index >= 15 is 0 Å². The monoisotopic (exact) mass is 346 g/mol. The van der Waals surface area contributed by atoms with Gasteiger partial charge in [0.25, 0.3) is 0 Å². The lowest BCUT2D eigenvalue weighted by atomic mass is 10.1. The smallest absolute Gasteiger partial charge is 0.226 e. The van der Waals surface area contributed by atoms with Crippen LogP contribution in [0.1, 0.15) is 11.3 Å². The molecule has 1 heterocycles. The van der Waals surface area contributed by atoms with E-state index < -0.39 is 23.4 Å².